The van der Waals surface area contributed by atoms with Gasteiger partial charge in [-0.1, -0.05) is 30.3 Å². The van der Waals surface area contributed by atoms with Gasteiger partial charge in [-0.3, -0.25) is 9.59 Å². The second-order valence-corrected chi connectivity index (χ2v) is 6.20. The molecule has 3 aromatic rings. The van der Waals surface area contributed by atoms with E-state index in [9.17, 15) is 9.59 Å². The molecule has 1 aromatic heterocycles. The zero-order chi connectivity index (χ0) is 16.5. The molecule has 0 atom stereocenters. The quantitative estimate of drug-likeness (QED) is 0.757. The van der Waals surface area contributed by atoms with Crippen molar-refractivity contribution in [1.82, 2.24) is 4.98 Å². The number of anilines is 1. The number of nitrogens with one attached hydrogen (secondary N) is 2. The van der Waals surface area contributed by atoms with Crippen LogP contribution >= 0.6 is 0 Å². The predicted octanol–water partition coefficient (Wildman–Crippen LogP) is 3.66. The largest absolute Gasteiger partial charge is 0.320 e. The van der Waals surface area contributed by atoms with Gasteiger partial charge in [0.2, 0.25) is 0 Å². The number of aromatic nitrogens is 1. The van der Waals surface area contributed by atoms with Crippen molar-refractivity contribution in [2.45, 2.75) is 25.7 Å². The lowest BCUT2D eigenvalue weighted by Crippen LogP contribution is -2.20. The number of hydrogen-bond acceptors (Lipinski definition) is 2. The van der Waals surface area contributed by atoms with Crippen LogP contribution in [-0.2, 0) is 12.8 Å². The van der Waals surface area contributed by atoms with E-state index < -0.39 is 0 Å². The SMILES string of the molecule is O=C(Nc1cccc2c1CCCC2)c1cc2ccccc2c(=O)[nH]1. The van der Waals surface area contributed by atoms with Crippen LogP contribution in [-0.4, -0.2) is 10.9 Å². The summed E-state index contributed by atoms with van der Waals surface area (Å²) in [6.07, 6.45) is 4.39. The maximum atomic E-state index is 12.6. The minimum atomic E-state index is -0.281. The van der Waals surface area contributed by atoms with Gasteiger partial charge in [0, 0.05) is 11.1 Å². The van der Waals surface area contributed by atoms with Crippen molar-refractivity contribution in [3.63, 3.8) is 0 Å². The van der Waals surface area contributed by atoms with Crippen LogP contribution in [0.3, 0.4) is 0 Å². The summed E-state index contributed by atoms with van der Waals surface area (Å²) in [5.74, 6) is -0.281. The fourth-order valence-electron chi connectivity index (χ4n) is 3.42. The molecule has 1 amide bonds. The monoisotopic (exact) mass is 318 g/mol. The van der Waals surface area contributed by atoms with Crippen molar-refractivity contribution in [1.29, 1.82) is 0 Å². The standard InChI is InChI=1S/C20H18N2O2/c23-19-16-10-4-2-7-14(16)12-18(22-19)20(24)21-17-11-5-8-13-6-1-3-9-15(13)17/h2,4-5,7-8,10-12H,1,3,6,9H2,(H,21,24)(H,22,23). The van der Waals surface area contributed by atoms with Gasteiger partial charge in [0.15, 0.2) is 0 Å². The Morgan fingerprint density at radius 1 is 1.00 bits per heavy atom. The van der Waals surface area contributed by atoms with E-state index in [4.69, 9.17) is 0 Å². The first-order valence-electron chi connectivity index (χ1n) is 8.26. The van der Waals surface area contributed by atoms with Crippen LogP contribution in [0.4, 0.5) is 5.69 Å². The lowest BCUT2D eigenvalue weighted by atomic mass is 9.90. The molecule has 0 saturated heterocycles. The number of pyridine rings is 1. The Hall–Kier alpha value is -2.88. The van der Waals surface area contributed by atoms with E-state index in [1.54, 1.807) is 12.1 Å². The molecule has 4 rings (SSSR count). The smallest absolute Gasteiger partial charge is 0.272 e. The van der Waals surface area contributed by atoms with Gasteiger partial charge >= 0.3 is 0 Å². The molecule has 2 aromatic carbocycles. The van der Waals surface area contributed by atoms with Crippen molar-refractivity contribution in [2.24, 2.45) is 0 Å². The maximum absolute atomic E-state index is 12.6. The van der Waals surface area contributed by atoms with Crippen LogP contribution in [0.1, 0.15) is 34.5 Å². The van der Waals surface area contributed by atoms with Crippen LogP contribution in [0.15, 0.2) is 53.3 Å². The van der Waals surface area contributed by atoms with Crippen LogP contribution in [0.25, 0.3) is 10.8 Å². The fourth-order valence-corrected chi connectivity index (χ4v) is 3.42. The molecule has 0 fully saturated rings. The lowest BCUT2D eigenvalue weighted by molar-refractivity contribution is 0.102. The number of fused-ring (bicyclic) bond motifs is 2. The number of rotatable bonds is 2. The molecule has 0 radical (unpaired) electrons. The highest BCUT2D eigenvalue weighted by Gasteiger charge is 2.16. The number of aryl methyl sites for hydroxylation is 1. The van der Waals surface area contributed by atoms with E-state index in [-0.39, 0.29) is 17.2 Å². The molecule has 1 heterocycles. The number of benzene rings is 2. The highest BCUT2D eigenvalue weighted by molar-refractivity contribution is 6.05. The highest BCUT2D eigenvalue weighted by atomic mass is 16.2. The van der Waals surface area contributed by atoms with Crippen molar-refractivity contribution in [3.05, 3.63) is 75.7 Å². The van der Waals surface area contributed by atoms with E-state index in [1.807, 2.05) is 30.3 Å². The van der Waals surface area contributed by atoms with Crippen LogP contribution in [0.2, 0.25) is 0 Å². The topological polar surface area (TPSA) is 62.0 Å². The number of carbonyl (C=O) groups is 1. The Morgan fingerprint density at radius 3 is 2.75 bits per heavy atom. The Morgan fingerprint density at radius 2 is 1.83 bits per heavy atom. The van der Waals surface area contributed by atoms with Gasteiger partial charge < -0.3 is 10.3 Å². The molecule has 120 valence electrons. The van der Waals surface area contributed by atoms with Crippen LogP contribution in [0, 0.1) is 0 Å². The van der Waals surface area contributed by atoms with E-state index in [0.717, 1.165) is 30.3 Å². The van der Waals surface area contributed by atoms with Gasteiger partial charge in [-0.2, -0.15) is 0 Å². The average Bonchev–Trinajstić information content (AvgIpc) is 2.62. The Kier molecular flexibility index (Phi) is 3.65. The minimum absolute atomic E-state index is 0.242. The maximum Gasteiger partial charge on any atom is 0.272 e. The number of aromatic amines is 1. The van der Waals surface area contributed by atoms with Gasteiger partial charge in [-0.25, -0.2) is 0 Å². The lowest BCUT2D eigenvalue weighted by Gasteiger charge is -2.19. The Bertz CT molecular complexity index is 988. The zero-order valence-corrected chi connectivity index (χ0v) is 13.3. The van der Waals surface area contributed by atoms with Gasteiger partial charge in [-0.05, 0) is 60.4 Å². The second-order valence-electron chi connectivity index (χ2n) is 6.20. The summed E-state index contributed by atoms with van der Waals surface area (Å²) >= 11 is 0. The van der Waals surface area contributed by atoms with Gasteiger partial charge in [0.25, 0.3) is 11.5 Å². The molecule has 24 heavy (non-hydrogen) atoms. The molecule has 0 aliphatic heterocycles. The van der Waals surface area contributed by atoms with E-state index >= 15 is 0 Å². The third-order valence-electron chi connectivity index (χ3n) is 4.64. The second kappa shape index (κ2) is 5.96. The molecule has 0 unspecified atom stereocenters. The molecule has 0 bridgehead atoms. The minimum Gasteiger partial charge on any atom is -0.320 e. The predicted molar refractivity (Wildman–Crippen MR) is 95.6 cm³/mol. The fraction of sp³-hybridized carbons (Fsp3) is 0.200. The molecule has 2 N–H and O–H groups in total. The van der Waals surface area contributed by atoms with Crippen molar-refractivity contribution in [3.8, 4) is 0 Å². The van der Waals surface area contributed by atoms with Crippen LogP contribution in [0.5, 0.6) is 0 Å². The molecule has 0 spiro atoms. The Labute approximate surface area is 139 Å². The van der Waals surface area contributed by atoms with Crippen molar-refractivity contribution >= 4 is 22.4 Å². The molecular weight excluding hydrogens is 300 g/mol. The molecular formula is C20H18N2O2. The molecule has 1 aliphatic rings. The van der Waals surface area contributed by atoms with Crippen LogP contribution < -0.4 is 10.9 Å². The summed E-state index contributed by atoms with van der Waals surface area (Å²) in [6.45, 7) is 0. The summed E-state index contributed by atoms with van der Waals surface area (Å²) in [4.78, 5) is 27.5. The summed E-state index contributed by atoms with van der Waals surface area (Å²) in [7, 11) is 0. The summed E-state index contributed by atoms with van der Waals surface area (Å²) < 4.78 is 0. The highest BCUT2D eigenvalue weighted by Crippen LogP contribution is 2.28. The van der Waals surface area contributed by atoms with Crippen molar-refractivity contribution < 1.29 is 4.79 Å². The van der Waals surface area contributed by atoms with E-state index in [0.29, 0.717) is 5.39 Å². The number of amides is 1. The van der Waals surface area contributed by atoms with Gasteiger partial charge in [-0.15, -0.1) is 0 Å². The summed E-state index contributed by atoms with van der Waals surface area (Å²) in [5.41, 5.74) is 3.43. The normalized spacial score (nSPS) is 13.5. The molecule has 1 aliphatic carbocycles. The van der Waals surface area contributed by atoms with Gasteiger partial charge in [0.1, 0.15) is 5.69 Å². The first-order valence-corrected chi connectivity index (χ1v) is 8.26. The molecule has 4 heteroatoms. The van der Waals surface area contributed by atoms with E-state index in [2.05, 4.69) is 16.4 Å². The Balaban J connectivity index is 1.69. The molecule has 4 nitrogen and oxygen atoms in total. The van der Waals surface area contributed by atoms with Crippen molar-refractivity contribution in [2.75, 3.05) is 5.32 Å². The zero-order valence-electron chi connectivity index (χ0n) is 13.3. The van der Waals surface area contributed by atoms with E-state index in [1.165, 1.54) is 17.5 Å². The number of hydrogen-bond donors (Lipinski definition) is 2. The third kappa shape index (κ3) is 2.60. The molecule has 0 saturated carbocycles. The third-order valence-corrected chi connectivity index (χ3v) is 4.64. The summed E-state index contributed by atoms with van der Waals surface area (Å²) in [5, 5.41) is 4.32. The number of H-pyrrole nitrogens is 1. The summed E-state index contributed by atoms with van der Waals surface area (Å²) in [6, 6.07) is 15.0. The average molecular weight is 318 g/mol. The first-order chi connectivity index (χ1) is 11.7. The number of carbonyl (C=O) groups excluding carboxylic acids is 1. The van der Waals surface area contributed by atoms with Gasteiger partial charge in [0.05, 0.1) is 0 Å². The first kappa shape index (κ1) is 14.7.